The largest absolute Gasteiger partial charge is 0.505 e. The summed E-state index contributed by atoms with van der Waals surface area (Å²) in [7, 11) is 0. The number of aromatic hydroxyl groups is 1. The van der Waals surface area contributed by atoms with E-state index in [2.05, 4.69) is 20.1 Å². The van der Waals surface area contributed by atoms with E-state index in [1.54, 1.807) is 10.9 Å². The standard InChI is InChI=1S/C18H17N5O5/c1-11(12-5-3-2-4-6-12)23-10-14(21-22-23)13-7-15(24)17(19-8-13)18(27)28-20-9-16(25)26/h2-8,10-11,20,24H,9H2,1H3,(H,25,26). The average Bonchev–Trinajstić information content (AvgIpc) is 3.17. The number of carbonyl (C=O) groups is 2. The Labute approximate surface area is 159 Å². The molecule has 3 N–H and O–H groups in total. The number of carboxylic acid groups (broad SMARTS) is 1. The normalized spacial score (nSPS) is 11.8. The Balaban J connectivity index is 1.75. The minimum absolute atomic E-state index is 0.0430. The van der Waals surface area contributed by atoms with E-state index in [-0.39, 0.29) is 11.7 Å². The van der Waals surface area contributed by atoms with Crippen LogP contribution in [0.25, 0.3) is 11.3 Å². The molecule has 0 bridgehead atoms. The molecule has 1 atom stereocenters. The summed E-state index contributed by atoms with van der Waals surface area (Å²) >= 11 is 0. The molecule has 0 aliphatic rings. The quantitative estimate of drug-likeness (QED) is 0.516. The van der Waals surface area contributed by atoms with Gasteiger partial charge in [0.25, 0.3) is 0 Å². The van der Waals surface area contributed by atoms with Gasteiger partial charge in [-0.25, -0.2) is 14.5 Å². The second kappa shape index (κ2) is 8.27. The van der Waals surface area contributed by atoms with E-state index >= 15 is 0 Å². The van der Waals surface area contributed by atoms with Crippen LogP contribution >= 0.6 is 0 Å². The van der Waals surface area contributed by atoms with Gasteiger partial charge in [-0.3, -0.25) is 4.79 Å². The van der Waals surface area contributed by atoms with Crippen molar-refractivity contribution in [2.75, 3.05) is 6.54 Å². The smallest absolute Gasteiger partial charge is 0.379 e. The number of rotatable bonds is 7. The molecular weight excluding hydrogens is 366 g/mol. The van der Waals surface area contributed by atoms with E-state index in [1.165, 1.54) is 12.3 Å². The first-order valence-electron chi connectivity index (χ1n) is 8.27. The predicted molar refractivity (Wildman–Crippen MR) is 96.2 cm³/mol. The minimum Gasteiger partial charge on any atom is -0.505 e. The van der Waals surface area contributed by atoms with Crippen molar-refractivity contribution >= 4 is 11.9 Å². The molecule has 0 spiro atoms. The molecule has 0 amide bonds. The van der Waals surface area contributed by atoms with Crippen LogP contribution in [0, 0.1) is 0 Å². The molecule has 10 heteroatoms. The van der Waals surface area contributed by atoms with Gasteiger partial charge < -0.3 is 15.1 Å². The van der Waals surface area contributed by atoms with Crippen molar-refractivity contribution in [3.05, 3.63) is 60.0 Å². The zero-order valence-electron chi connectivity index (χ0n) is 14.8. The molecule has 3 rings (SSSR count). The Morgan fingerprint density at radius 2 is 2.04 bits per heavy atom. The molecule has 10 nitrogen and oxygen atoms in total. The van der Waals surface area contributed by atoms with Gasteiger partial charge in [-0.15, -0.1) is 10.6 Å². The molecule has 2 aromatic heterocycles. The van der Waals surface area contributed by atoms with Crippen LogP contribution in [0.4, 0.5) is 0 Å². The highest BCUT2D eigenvalue weighted by Gasteiger charge is 2.18. The van der Waals surface area contributed by atoms with Gasteiger partial charge in [-0.2, -0.15) is 0 Å². The van der Waals surface area contributed by atoms with Gasteiger partial charge in [0, 0.05) is 11.8 Å². The van der Waals surface area contributed by atoms with Crippen LogP contribution in [-0.4, -0.2) is 48.7 Å². The molecule has 2 heterocycles. The van der Waals surface area contributed by atoms with Crippen LogP contribution in [0.1, 0.15) is 29.0 Å². The summed E-state index contributed by atoms with van der Waals surface area (Å²) in [5.74, 6) is -2.63. The Hall–Kier alpha value is -3.79. The molecule has 0 radical (unpaired) electrons. The van der Waals surface area contributed by atoms with E-state index in [1.807, 2.05) is 42.7 Å². The maximum atomic E-state index is 11.8. The Bertz CT molecular complexity index is 989. The second-order valence-corrected chi connectivity index (χ2v) is 5.87. The lowest BCUT2D eigenvalue weighted by Crippen LogP contribution is -2.26. The Morgan fingerprint density at radius 1 is 1.29 bits per heavy atom. The fraction of sp³-hybridized carbons (Fsp3) is 0.167. The summed E-state index contributed by atoms with van der Waals surface area (Å²) in [5.41, 5.74) is 3.59. The first kappa shape index (κ1) is 19.0. The highest BCUT2D eigenvalue weighted by molar-refractivity contribution is 5.90. The van der Waals surface area contributed by atoms with Gasteiger partial charge in [0.05, 0.1) is 12.2 Å². The van der Waals surface area contributed by atoms with Crippen molar-refractivity contribution < 1.29 is 24.6 Å². The molecule has 1 aromatic carbocycles. The number of carboxylic acids is 1. The number of hydrogen-bond acceptors (Lipinski definition) is 8. The highest BCUT2D eigenvalue weighted by atomic mass is 16.7. The van der Waals surface area contributed by atoms with Crippen molar-refractivity contribution in [1.29, 1.82) is 0 Å². The van der Waals surface area contributed by atoms with E-state index in [0.29, 0.717) is 11.3 Å². The molecule has 0 aliphatic carbocycles. The average molecular weight is 383 g/mol. The summed E-state index contributed by atoms with van der Waals surface area (Å²) in [6.45, 7) is 1.40. The summed E-state index contributed by atoms with van der Waals surface area (Å²) in [4.78, 5) is 30.6. The lowest BCUT2D eigenvalue weighted by atomic mass is 10.1. The van der Waals surface area contributed by atoms with Crippen LogP contribution in [0.5, 0.6) is 5.75 Å². The third kappa shape index (κ3) is 4.30. The fourth-order valence-electron chi connectivity index (χ4n) is 2.44. The SMILES string of the molecule is CC(c1ccccc1)n1cc(-c2cnc(C(=O)ONCC(=O)O)c(O)c2)nn1. The van der Waals surface area contributed by atoms with Crippen molar-refractivity contribution in [3.63, 3.8) is 0 Å². The van der Waals surface area contributed by atoms with Crippen molar-refractivity contribution in [1.82, 2.24) is 25.5 Å². The topological polar surface area (TPSA) is 139 Å². The molecular formula is C18H17N5O5. The number of pyridine rings is 1. The monoisotopic (exact) mass is 383 g/mol. The molecule has 1 unspecified atom stereocenters. The van der Waals surface area contributed by atoms with E-state index < -0.39 is 24.2 Å². The Kier molecular flexibility index (Phi) is 5.61. The molecule has 0 saturated carbocycles. The van der Waals surface area contributed by atoms with Gasteiger partial charge in [0.1, 0.15) is 18.0 Å². The van der Waals surface area contributed by atoms with E-state index in [9.17, 15) is 14.7 Å². The van der Waals surface area contributed by atoms with Crippen LogP contribution in [0.3, 0.4) is 0 Å². The maximum Gasteiger partial charge on any atom is 0.379 e. The zero-order valence-corrected chi connectivity index (χ0v) is 14.8. The van der Waals surface area contributed by atoms with Crippen molar-refractivity contribution in [2.45, 2.75) is 13.0 Å². The number of carbonyl (C=O) groups excluding carboxylic acids is 1. The number of aliphatic carboxylic acids is 1. The first-order chi connectivity index (χ1) is 13.5. The van der Waals surface area contributed by atoms with E-state index in [0.717, 1.165) is 5.56 Å². The summed E-state index contributed by atoms with van der Waals surface area (Å²) in [6.07, 6.45) is 3.05. The van der Waals surface area contributed by atoms with E-state index in [4.69, 9.17) is 5.11 Å². The number of aromatic nitrogens is 4. The molecule has 0 aliphatic heterocycles. The van der Waals surface area contributed by atoms with Gasteiger partial charge in [0.15, 0.2) is 5.69 Å². The number of nitrogens with one attached hydrogen (secondary N) is 1. The van der Waals surface area contributed by atoms with Crippen LogP contribution in [-0.2, 0) is 9.63 Å². The predicted octanol–water partition coefficient (Wildman–Crippen LogP) is 1.40. The first-order valence-corrected chi connectivity index (χ1v) is 8.27. The lowest BCUT2D eigenvalue weighted by molar-refractivity contribution is -0.137. The summed E-state index contributed by atoms with van der Waals surface area (Å²) in [5, 5.41) is 26.8. The lowest BCUT2D eigenvalue weighted by Gasteiger charge is -2.11. The summed E-state index contributed by atoms with van der Waals surface area (Å²) < 4.78 is 1.68. The molecule has 0 saturated heterocycles. The number of hydrogen-bond donors (Lipinski definition) is 3. The van der Waals surface area contributed by atoms with Crippen LogP contribution < -0.4 is 5.48 Å². The van der Waals surface area contributed by atoms with Gasteiger partial charge in [0.2, 0.25) is 0 Å². The maximum absolute atomic E-state index is 11.8. The van der Waals surface area contributed by atoms with Crippen molar-refractivity contribution in [3.8, 4) is 17.0 Å². The molecule has 28 heavy (non-hydrogen) atoms. The Morgan fingerprint density at radius 3 is 2.71 bits per heavy atom. The summed E-state index contributed by atoms with van der Waals surface area (Å²) in [6, 6.07) is 11.0. The number of benzene rings is 1. The molecule has 0 fully saturated rings. The highest BCUT2D eigenvalue weighted by Crippen LogP contribution is 2.25. The van der Waals surface area contributed by atoms with Crippen molar-refractivity contribution in [2.24, 2.45) is 0 Å². The second-order valence-electron chi connectivity index (χ2n) is 5.87. The fourth-order valence-corrected chi connectivity index (χ4v) is 2.44. The van der Waals surface area contributed by atoms with Crippen LogP contribution in [0.2, 0.25) is 0 Å². The minimum atomic E-state index is -1.20. The zero-order chi connectivity index (χ0) is 20.1. The molecule has 144 valence electrons. The third-order valence-corrected chi connectivity index (χ3v) is 3.93. The number of hydroxylamine groups is 1. The number of nitrogens with zero attached hydrogens (tertiary/aromatic N) is 4. The molecule has 3 aromatic rings. The van der Waals surface area contributed by atoms with Crippen LogP contribution in [0.15, 0.2) is 48.8 Å². The van der Waals surface area contributed by atoms with Gasteiger partial charge >= 0.3 is 11.9 Å². The van der Waals surface area contributed by atoms with Gasteiger partial charge in [-0.05, 0) is 18.6 Å². The van der Waals surface area contributed by atoms with Gasteiger partial charge in [-0.1, -0.05) is 35.5 Å². The third-order valence-electron chi connectivity index (χ3n) is 3.93.